The molecule has 9 nitrogen and oxygen atoms in total. The molecule has 2 fully saturated rings. The van der Waals surface area contributed by atoms with Gasteiger partial charge in [0.1, 0.15) is 0 Å². The highest BCUT2D eigenvalue weighted by atomic mass is 32.2. The molecule has 0 atom stereocenters. The average molecular weight is 418 g/mol. The van der Waals surface area contributed by atoms with Crippen LogP contribution >= 0.6 is 0 Å². The number of amides is 1. The van der Waals surface area contributed by atoms with Gasteiger partial charge in [-0.3, -0.25) is 4.79 Å². The third-order valence-electron chi connectivity index (χ3n) is 4.70. The van der Waals surface area contributed by atoms with Crippen LogP contribution in [0.4, 0.5) is 0 Å². The van der Waals surface area contributed by atoms with Crippen LogP contribution in [-0.4, -0.2) is 95.0 Å². The highest BCUT2D eigenvalue weighted by molar-refractivity contribution is 7.89. The molecule has 150 valence electrons. The van der Waals surface area contributed by atoms with Crippen molar-refractivity contribution >= 4 is 26.0 Å². The normalized spacial score (nSPS) is 20.6. The number of hydrogen-bond acceptors (Lipinski definition) is 6. The molecule has 2 saturated heterocycles. The first-order chi connectivity index (χ1) is 12.7. The van der Waals surface area contributed by atoms with E-state index in [1.54, 1.807) is 4.90 Å². The summed E-state index contributed by atoms with van der Waals surface area (Å²) in [5.74, 6) is -0.238. The number of morpholine rings is 1. The van der Waals surface area contributed by atoms with Crippen LogP contribution in [0.3, 0.4) is 0 Å². The van der Waals surface area contributed by atoms with E-state index in [0.717, 1.165) is 6.26 Å². The Morgan fingerprint density at radius 3 is 1.93 bits per heavy atom. The average Bonchev–Trinajstić information content (AvgIpc) is 2.67. The van der Waals surface area contributed by atoms with Gasteiger partial charge in [0.2, 0.25) is 20.0 Å². The summed E-state index contributed by atoms with van der Waals surface area (Å²) in [5, 5.41) is 0. The van der Waals surface area contributed by atoms with Crippen molar-refractivity contribution in [3.8, 4) is 0 Å². The molecular weight excluding hydrogens is 394 g/mol. The van der Waals surface area contributed by atoms with Crippen LogP contribution in [0.2, 0.25) is 0 Å². The summed E-state index contributed by atoms with van der Waals surface area (Å²) in [6, 6.07) is 5.87. The number of sulfonamides is 2. The van der Waals surface area contributed by atoms with Gasteiger partial charge in [-0.05, 0) is 24.3 Å². The van der Waals surface area contributed by atoms with E-state index in [-0.39, 0.29) is 23.9 Å². The summed E-state index contributed by atoms with van der Waals surface area (Å²) < 4.78 is 56.2. The van der Waals surface area contributed by atoms with E-state index in [0.29, 0.717) is 45.0 Å². The van der Waals surface area contributed by atoms with Gasteiger partial charge in [0.05, 0.1) is 24.4 Å². The molecule has 0 aromatic heterocycles. The van der Waals surface area contributed by atoms with Crippen molar-refractivity contribution in [3.63, 3.8) is 0 Å². The Morgan fingerprint density at radius 2 is 1.41 bits per heavy atom. The van der Waals surface area contributed by atoms with Crippen molar-refractivity contribution in [1.29, 1.82) is 0 Å². The molecule has 0 N–H and O–H groups in total. The second kappa shape index (κ2) is 7.84. The molecule has 1 amide bonds. The first kappa shape index (κ1) is 20.2. The van der Waals surface area contributed by atoms with E-state index in [4.69, 9.17) is 4.74 Å². The molecule has 0 unspecified atom stereocenters. The predicted octanol–water partition coefficient (Wildman–Crippen LogP) is -0.575. The second-order valence-corrected chi connectivity index (χ2v) is 10.4. The lowest BCUT2D eigenvalue weighted by Crippen LogP contribution is -2.50. The summed E-state index contributed by atoms with van der Waals surface area (Å²) in [4.78, 5) is 14.3. The highest BCUT2D eigenvalue weighted by Gasteiger charge is 2.28. The van der Waals surface area contributed by atoms with Gasteiger partial charge in [-0.2, -0.15) is 8.61 Å². The van der Waals surface area contributed by atoms with Gasteiger partial charge in [0.15, 0.2) is 0 Å². The smallest absolute Gasteiger partial charge is 0.253 e. The molecule has 3 rings (SSSR count). The molecule has 0 saturated carbocycles. The van der Waals surface area contributed by atoms with Crippen LogP contribution in [0.1, 0.15) is 10.4 Å². The summed E-state index contributed by atoms with van der Waals surface area (Å²) in [6.45, 7) is 2.49. The Morgan fingerprint density at radius 1 is 0.852 bits per heavy atom. The third-order valence-corrected chi connectivity index (χ3v) is 7.92. The minimum absolute atomic E-state index is 0.142. The SMILES string of the molecule is CS(=O)(=O)N1CCN(C(=O)c2ccc(S(=O)(=O)N3CCOCC3)cc2)CC1. The quantitative estimate of drug-likeness (QED) is 0.650. The fraction of sp³-hybridized carbons (Fsp3) is 0.562. The van der Waals surface area contributed by atoms with E-state index in [2.05, 4.69) is 0 Å². The number of carbonyl (C=O) groups is 1. The van der Waals surface area contributed by atoms with E-state index in [1.807, 2.05) is 0 Å². The molecule has 2 aliphatic heterocycles. The number of ether oxygens (including phenoxy) is 1. The lowest BCUT2D eigenvalue weighted by molar-refractivity contribution is 0.0698. The van der Waals surface area contributed by atoms with E-state index >= 15 is 0 Å². The zero-order chi connectivity index (χ0) is 19.7. The lowest BCUT2D eigenvalue weighted by Gasteiger charge is -2.33. The van der Waals surface area contributed by atoms with Crippen molar-refractivity contribution < 1.29 is 26.4 Å². The molecule has 1 aromatic carbocycles. The zero-order valence-electron chi connectivity index (χ0n) is 15.1. The monoisotopic (exact) mass is 417 g/mol. The Balaban J connectivity index is 1.67. The standard InChI is InChI=1S/C16H23N3O6S2/c1-26(21,22)18-8-6-17(7-9-18)16(20)14-2-4-15(5-3-14)27(23,24)19-10-12-25-13-11-19/h2-5H,6-13H2,1H3. The minimum atomic E-state index is -3.60. The maximum atomic E-state index is 12.6. The predicted molar refractivity (Wildman–Crippen MR) is 98.3 cm³/mol. The minimum Gasteiger partial charge on any atom is -0.379 e. The van der Waals surface area contributed by atoms with Crippen molar-refractivity contribution in [2.75, 3.05) is 58.7 Å². The lowest BCUT2D eigenvalue weighted by atomic mass is 10.2. The van der Waals surface area contributed by atoms with Gasteiger partial charge in [-0.25, -0.2) is 16.8 Å². The van der Waals surface area contributed by atoms with Crippen LogP contribution in [0.25, 0.3) is 0 Å². The third kappa shape index (κ3) is 4.49. The second-order valence-electron chi connectivity index (χ2n) is 6.50. The number of benzene rings is 1. The van der Waals surface area contributed by atoms with Gasteiger partial charge < -0.3 is 9.64 Å². The summed E-state index contributed by atoms with van der Waals surface area (Å²) in [5.41, 5.74) is 0.378. The highest BCUT2D eigenvalue weighted by Crippen LogP contribution is 2.19. The summed E-state index contributed by atoms with van der Waals surface area (Å²) in [7, 11) is -6.86. The van der Waals surface area contributed by atoms with E-state index in [9.17, 15) is 21.6 Å². The molecule has 0 radical (unpaired) electrons. The topological polar surface area (TPSA) is 104 Å². The van der Waals surface area contributed by atoms with Crippen LogP contribution in [0.15, 0.2) is 29.2 Å². The first-order valence-corrected chi connectivity index (χ1v) is 11.9. The Bertz CT molecular complexity index is 885. The number of carbonyl (C=O) groups excluding carboxylic acids is 1. The number of piperazine rings is 1. The van der Waals surface area contributed by atoms with E-state index < -0.39 is 20.0 Å². The molecule has 2 heterocycles. The molecule has 1 aromatic rings. The van der Waals surface area contributed by atoms with Crippen molar-refractivity contribution in [2.24, 2.45) is 0 Å². The largest absolute Gasteiger partial charge is 0.379 e. The van der Waals surface area contributed by atoms with Crippen LogP contribution < -0.4 is 0 Å². The Labute approximate surface area is 159 Å². The van der Waals surface area contributed by atoms with Crippen LogP contribution in [0.5, 0.6) is 0 Å². The van der Waals surface area contributed by atoms with Gasteiger partial charge in [-0.1, -0.05) is 0 Å². The molecular formula is C16H23N3O6S2. The summed E-state index contributed by atoms with van der Waals surface area (Å²) in [6.07, 6.45) is 1.15. The fourth-order valence-electron chi connectivity index (χ4n) is 3.11. The first-order valence-electron chi connectivity index (χ1n) is 8.62. The van der Waals surface area contributed by atoms with Gasteiger partial charge in [0, 0.05) is 44.8 Å². The molecule has 0 bridgehead atoms. The molecule has 2 aliphatic rings. The maximum absolute atomic E-state index is 12.6. The van der Waals surface area contributed by atoms with Crippen molar-refractivity contribution in [3.05, 3.63) is 29.8 Å². The van der Waals surface area contributed by atoms with Crippen molar-refractivity contribution in [2.45, 2.75) is 4.90 Å². The van der Waals surface area contributed by atoms with Gasteiger partial charge in [-0.15, -0.1) is 0 Å². The number of hydrogen-bond donors (Lipinski definition) is 0. The molecule has 11 heteroatoms. The molecule has 0 aliphatic carbocycles. The van der Waals surface area contributed by atoms with Gasteiger partial charge >= 0.3 is 0 Å². The number of nitrogens with zero attached hydrogens (tertiary/aromatic N) is 3. The van der Waals surface area contributed by atoms with Crippen molar-refractivity contribution in [1.82, 2.24) is 13.5 Å². The summed E-state index contributed by atoms with van der Waals surface area (Å²) >= 11 is 0. The van der Waals surface area contributed by atoms with E-state index in [1.165, 1.54) is 32.9 Å². The van der Waals surface area contributed by atoms with Gasteiger partial charge in [0.25, 0.3) is 5.91 Å². The Hall–Kier alpha value is -1.53. The Kier molecular flexibility index (Phi) is 5.87. The zero-order valence-corrected chi connectivity index (χ0v) is 16.7. The maximum Gasteiger partial charge on any atom is 0.253 e. The molecule has 27 heavy (non-hydrogen) atoms. The van der Waals surface area contributed by atoms with Crippen LogP contribution in [0, 0.1) is 0 Å². The fourth-order valence-corrected chi connectivity index (χ4v) is 5.35. The number of rotatable bonds is 4. The van der Waals surface area contributed by atoms with Crippen LogP contribution in [-0.2, 0) is 24.8 Å². The molecule has 0 spiro atoms.